The van der Waals surface area contributed by atoms with Gasteiger partial charge >= 0.3 is 5.97 Å². The molecule has 0 amide bonds. The van der Waals surface area contributed by atoms with Gasteiger partial charge in [0.15, 0.2) is 5.65 Å². The lowest BCUT2D eigenvalue weighted by atomic mass is 9.95. The highest BCUT2D eigenvalue weighted by atomic mass is 16.5. The Labute approximate surface area is 146 Å². The molecule has 0 spiro atoms. The van der Waals surface area contributed by atoms with E-state index in [9.17, 15) is 4.79 Å². The van der Waals surface area contributed by atoms with E-state index in [0.29, 0.717) is 29.2 Å². The minimum absolute atomic E-state index is 0.259. The van der Waals surface area contributed by atoms with Crippen molar-refractivity contribution < 1.29 is 9.53 Å². The number of para-hydroxylation sites is 2. The molecule has 4 rings (SSSR count). The molecule has 6 nitrogen and oxygen atoms in total. The van der Waals surface area contributed by atoms with Crippen LogP contribution < -0.4 is 5.73 Å². The van der Waals surface area contributed by atoms with Crippen LogP contribution in [0.5, 0.6) is 0 Å². The quantitative estimate of drug-likeness (QED) is 0.733. The van der Waals surface area contributed by atoms with Crippen LogP contribution in [0.15, 0.2) is 24.3 Å². The second-order valence-electron chi connectivity index (χ2n) is 6.53. The first kappa shape index (κ1) is 15.9. The van der Waals surface area contributed by atoms with E-state index in [4.69, 9.17) is 20.4 Å². The summed E-state index contributed by atoms with van der Waals surface area (Å²) >= 11 is 0. The average molecular weight is 338 g/mol. The van der Waals surface area contributed by atoms with Crippen LogP contribution in [0.2, 0.25) is 0 Å². The maximum Gasteiger partial charge on any atom is 0.344 e. The Morgan fingerprint density at radius 1 is 1.20 bits per heavy atom. The number of hydrogen-bond acceptors (Lipinski definition) is 5. The number of rotatable bonds is 3. The third kappa shape index (κ3) is 2.62. The summed E-state index contributed by atoms with van der Waals surface area (Å²) < 4.78 is 7.24. The van der Waals surface area contributed by atoms with Crippen molar-refractivity contribution in [2.45, 2.75) is 45.1 Å². The van der Waals surface area contributed by atoms with Crippen molar-refractivity contribution in [3.8, 4) is 0 Å². The van der Waals surface area contributed by atoms with Gasteiger partial charge in [-0.1, -0.05) is 31.4 Å². The van der Waals surface area contributed by atoms with Crippen molar-refractivity contribution in [1.29, 1.82) is 0 Å². The molecule has 2 heterocycles. The molecule has 1 aromatic carbocycles. The number of fused-ring (bicyclic) bond motifs is 2. The molecule has 0 radical (unpaired) electrons. The number of nitrogen functional groups attached to an aromatic ring is 1. The van der Waals surface area contributed by atoms with Crippen LogP contribution in [0.4, 0.5) is 5.82 Å². The number of esters is 1. The zero-order valence-corrected chi connectivity index (χ0v) is 14.4. The zero-order valence-electron chi connectivity index (χ0n) is 14.4. The van der Waals surface area contributed by atoms with Crippen molar-refractivity contribution in [2.24, 2.45) is 0 Å². The first-order valence-corrected chi connectivity index (χ1v) is 8.94. The molecule has 0 aliphatic heterocycles. The van der Waals surface area contributed by atoms with Gasteiger partial charge in [-0.05, 0) is 31.9 Å². The molecule has 0 bridgehead atoms. The monoisotopic (exact) mass is 338 g/mol. The lowest BCUT2D eigenvalue weighted by molar-refractivity contribution is 0.0529. The van der Waals surface area contributed by atoms with E-state index in [1.165, 1.54) is 19.3 Å². The van der Waals surface area contributed by atoms with Crippen LogP contribution in [0.25, 0.3) is 22.2 Å². The minimum Gasteiger partial charge on any atom is -0.462 e. The summed E-state index contributed by atoms with van der Waals surface area (Å²) in [4.78, 5) is 22.0. The molecule has 2 aromatic heterocycles. The Bertz CT molecular complexity index is 941. The van der Waals surface area contributed by atoms with Crippen LogP contribution in [-0.2, 0) is 4.74 Å². The highest BCUT2D eigenvalue weighted by molar-refractivity contribution is 6.08. The van der Waals surface area contributed by atoms with Gasteiger partial charge in [0.05, 0.1) is 17.6 Å². The summed E-state index contributed by atoms with van der Waals surface area (Å²) in [5.41, 5.74) is 9.56. The second kappa shape index (κ2) is 6.35. The molecule has 1 aliphatic carbocycles. The topological polar surface area (TPSA) is 83.0 Å². The number of aromatic nitrogens is 3. The Balaban J connectivity index is 2.00. The predicted molar refractivity (Wildman–Crippen MR) is 97.5 cm³/mol. The molecule has 6 heteroatoms. The van der Waals surface area contributed by atoms with Crippen molar-refractivity contribution in [1.82, 2.24) is 14.5 Å². The standard InChI is InChI=1S/C19H22N4O2/c1-2-25-19(24)15-16-18(22-14-11-7-6-10-13(14)21-16)23(17(15)20)12-8-4-3-5-9-12/h6-7,10-12H,2-5,8-9,20H2,1H3. The number of nitrogens with two attached hydrogens (primary N) is 1. The lowest BCUT2D eigenvalue weighted by Gasteiger charge is -2.24. The van der Waals surface area contributed by atoms with E-state index in [0.717, 1.165) is 23.9 Å². The number of carbonyl (C=O) groups excluding carboxylic acids is 1. The SMILES string of the molecule is CCOC(=O)c1c(N)n(C2CCCCC2)c2nc3ccccc3nc12. The molecular weight excluding hydrogens is 316 g/mol. The van der Waals surface area contributed by atoms with Crippen LogP contribution >= 0.6 is 0 Å². The van der Waals surface area contributed by atoms with Gasteiger partial charge in [0.2, 0.25) is 0 Å². The summed E-state index contributed by atoms with van der Waals surface area (Å²) in [6, 6.07) is 7.93. The normalized spacial score (nSPS) is 15.7. The molecular formula is C19H22N4O2. The minimum atomic E-state index is -0.427. The summed E-state index contributed by atoms with van der Waals surface area (Å²) in [6.45, 7) is 2.09. The van der Waals surface area contributed by atoms with Gasteiger partial charge < -0.3 is 15.0 Å². The molecule has 130 valence electrons. The zero-order chi connectivity index (χ0) is 17.4. The lowest BCUT2D eigenvalue weighted by Crippen LogP contribution is -2.16. The third-order valence-electron chi connectivity index (χ3n) is 4.95. The molecule has 1 saturated carbocycles. The van der Waals surface area contributed by atoms with E-state index in [1.807, 2.05) is 28.8 Å². The number of ether oxygens (including phenoxy) is 1. The average Bonchev–Trinajstić information content (AvgIpc) is 2.91. The van der Waals surface area contributed by atoms with Crippen LogP contribution in [0.1, 0.15) is 55.4 Å². The molecule has 0 saturated heterocycles. The van der Waals surface area contributed by atoms with Gasteiger partial charge in [0, 0.05) is 6.04 Å². The van der Waals surface area contributed by atoms with Crippen LogP contribution in [0.3, 0.4) is 0 Å². The van der Waals surface area contributed by atoms with Gasteiger partial charge in [-0.15, -0.1) is 0 Å². The molecule has 0 unspecified atom stereocenters. The van der Waals surface area contributed by atoms with Gasteiger partial charge in [0.1, 0.15) is 16.9 Å². The summed E-state index contributed by atoms with van der Waals surface area (Å²) in [5, 5.41) is 0. The van der Waals surface area contributed by atoms with Crippen molar-refractivity contribution in [3.05, 3.63) is 29.8 Å². The van der Waals surface area contributed by atoms with E-state index in [-0.39, 0.29) is 6.04 Å². The molecule has 3 aromatic rings. The van der Waals surface area contributed by atoms with Crippen molar-refractivity contribution in [2.75, 3.05) is 12.3 Å². The first-order chi connectivity index (χ1) is 12.2. The highest BCUT2D eigenvalue weighted by Gasteiger charge is 2.29. The van der Waals surface area contributed by atoms with Gasteiger partial charge in [-0.2, -0.15) is 0 Å². The second-order valence-corrected chi connectivity index (χ2v) is 6.53. The van der Waals surface area contributed by atoms with E-state index < -0.39 is 5.97 Å². The fraction of sp³-hybridized carbons (Fsp3) is 0.421. The van der Waals surface area contributed by atoms with Crippen LogP contribution in [-0.4, -0.2) is 27.1 Å². The van der Waals surface area contributed by atoms with Gasteiger partial charge in [-0.3, -0.25) is 0 Å². The number of anilines is 1. The third-order valence-corrected chi connectivity index (χ3v) is 4.95. The molecule has 0 atom stereocenters. The number of benzene rings is 1. The summed E-state index contributed by atoms with van der Waals surface area (Å²) in [5.74, 6) is -0.000188. The number of hydrogen-bond donors (Lipinski definition) is 1. The van der Waals surface area contributed by atoms with E-state index in [1.54, 1.807) is 6.92 Å². The van der Waals surface area contributed by atoms with Gasteiger partial charge in [-0.25, -0.2) is 14.8 Å². The number of nitrogens with zero attached hydrogens (tertiary/aromatic N) is 3. The largest absolute Gasteiger partial charge is 0.462 e. The fourth-order valence-corrected chi connectivity index (χ4v) is 3.80. The predicted octanol–water partition coefficient (Wildman–Crippen LogP) is 3.85. The molecule has 1 fully saturated rings. The maximum atomic E-state index is 12.5. The first-order valence-electron chi connectivity index (χ1n) is 8.94. The maximum absolute atomic E-state index is 12.5. The van der Waals surface area contributed by atoms with Gasteiger partial charge in [0.25, 0.3) is 0 Å². The van der Waals surface area contributed by atoms with Crippen LogP contribution in [0, 0.1) is 0 Å². The van der Waals surface area contributed by atoms with E-state index >= 15 is 0 Å². The number of carbonyl (C=O) groups is 1. The Morgan fingerprint density at radius 3 is 2.56 bits per heavy atom. The molecule has 1 aliphatic rings. The Morgan fingerprint density at radius 2 is 1.88 bits per heavy atom. The Kier molecular flexibility index (Phi) is 4.03. The van der Waals surface area contributed by atoms with Crippen molar-refractivity contribution in [3.63, 3.8) is 0 Å². The molecule has 25 heavy (non-hydrogen) atoms. The smallest absolute Gasteiger partial charge is 0.344 e. The fourth-order valence-electron chi connectivity index (χ4n) is 3.80. The Hall–Kier alpha value is -2.63. The van der Waals surface area contributed by atoms with E-state index in [2.05, 4.69) is 0 Å². The molecule has 2 N–H and O–H groups in total. The van der Waals surface area contributed by atoms with Crippen molar-refractivity contribution >= 4 is 34.0 Å². The summed E-state index contributed by atoms with van der Waals surface area (Å²) in [7, 11) is 0. The summed E-state index contributed by atoms with van der Waals surface area (Å²) in [6.07, 6.45) is 5.67. The highest BCUT2D eigenvalue weighted by Crippen LogP contribution is 2.37.